The lowest BCUT2D eigenvalue weighted by molar-refractivity contribution is 0.471. The lowest BCUT2D eigenvalue weighted by Gasteiger charge is -2.23. The van der Waals surface area contributed by atoms with Gasteiger partial charge >= 0.3 is 0 Å². The molecular weight excluding hydrogens is 290 g/mol. The summed E-state index contributed by atoms with van der Waals surface area (Å²) in [6, 6.07) is 9.31. The van der Waals surface area contributed by atoms with Crippen LogP contribution < -0.4 is 5.32 Å². The van der Waals surface area contributed by atoms with Crippen LogP contribution in [-0.2, 0) is 12.8 Å². The Balaban J connectivity index is 1.50. The van der Waals surface area contributed by atoms with Crippen LogP contribution in [0.25, 0.3) is 10.1 Å². The van der Waals surface area contributed by atoms with E-state index in [0.29, 0.717) is 6.04 Å². The zero-order chi connectivity index (χ0) is 14.8. The highest BCUT2D eigenvalue weighted by Gasteiger charge is 2.23. The van der Waals surface area contributed by atoms with Crippen molar-refractivity contribution in [1.82, 2.24) is 15.3 Å². The molecule has 2 heterocycles. The number of hydrogen-bond donors (Lipinski definition) is 1. The number of aryl methyl sites for hydroxylation is 1. The lowest BCUT2D eigenvalue weighted by Crippen LogP contribution is -2.26. The number of benzene rings is 1. The number of nitrogens with one attached hydrogen (secondary N) is 1. The van der Waals surface area contributed by atoms with Crippen LogP contribution in [0.1, 0.15) is 35.0 Å². The molecule has 0 saturated carbocycles. The van der Waals surface area contributed by atoms with E-state index in [1.54, 1.807) is 22.8 Å². The molecule has 112 valence electrons. The van der Waals surface area contributed by atoms with Crippen molar-refractivity contribution in [2.45, 2.75) is 31.7 Å². The van der Waals surface area contributed by atoms with Gasteiger partial charge in [-0.2, -0.15) is 0 Å². The minimum absolute atomic E-state index is 0.498. The summed E-state index contributed by atoms with van der Waals surface area (Å²) in [5, 5.41) is 5.19. The second-order valence-electron chi connectivity index (χ2n) is 5.79. The highest BCUT2D eigenvalue weighted by molar-refractivity contribution is 7.19. The molecule has 22 heavy (non-hydrogen) atoms. The van der Waals surface area contributed by atoms with E-state index in [2.05, 4.69) is 39.6 Å². The van der Waals surface area contributed by atoms with Gasteiger partial charge in [0.05, 0.1) is 5.69 Å². The first-order chi connectivity index (χ1) is 10.9. The molecule has 0 fully saturated rings. The highest BCUT2D eigenvalue weighted by Crippen LogP contribution is 2.40. The summed E-state index contributed by atoms with van der Waals surface area (Å²) >= 11 is 1.96. The van der Waals surface area contributed by atoms with Crippen LogP contribution in [0.3, 0.4) is 0 Å². The van der Waals surface area contributed by atoms with Crippen LogP contribution >= 0.6 is 11.3 Å². The van der Waals surface area contributed by atoms with Gasteiger partial charge in [0.2, 0.25) is 0 Å². The smallest absolute Gasteiger partial charge is 0.0599 e. The Kier molecular flexibility index (Phi) is 3.87. The number of thiophene rings is 1. The van der Waals surface area contributed by atoms with E-state index in [9.17, 15) is 0 Å². The van der Waals surface area contributed by atoms with Gasteiger partial charge in [-0.1, -0.05) is 18.2 Å². The summed E-state index contributed by atoms with van der Waals surface area (Å²) in [6.07, 6.45) is 10.0. The van der Waals surface area contributed by atoms with E-state index in [1.165, 1.54) is 29.3 Å². The number of fused-ring (bicyclic) bond motifs is 3. The molecule has 4 heteroatoms. The third-order valence-electron chi connectivity index (χ3n) is 4.35. The van der Waals surface area contributed by atoms with E-state index < -0.39 is 0 Å². The Labute approximate surface area is 134 Å². The first-order valence-corrected chi connectivity index (χ1v) is 8.72. The number of aromatic nitrogens is 2. The molecule has 0 bridgehead atoms. The van der Waals surface area contributed by atoms with Crippen molar-refractivity contribution < 1.29 is 0 Å². The lowest BCUT2D eigenvalue weighted by atomic mass is 9.92. The third-order valence-corrected chi connectivity index (χ3v) is 5.68. The van der Waals surface area contributed by atoms with Crippen molar-refractivity contribution in [1.29, 1.82) is 0 Å². The molecule has 2 aromatic heterocycles. The van der Waals surface area contributed by atoms with E-state index in [4.69, 9.17) is 0 Å². The molecule has 0 aliphatic heterocycles. The van der Waals surface area contributed by atoms with Gasteiger partial charge in [0.15, 0.2) is 0 Å². The van der Waals surface area contributed by atoms with Crippen LogP contribution in [0.4, 0.5) is 0 Å². The predicted molar refractivity (Wildman–Crippen MR) is 91.2 cm³/mol. The zero-order valence-electron chi connectivity index (χ0n) is 12.5. The average molecular weight is 309 g/mol. The van der Waals surface area contributed by atoms with Gasteiger partial charge in [-0.3, -0.25) is 9.97 Å². The minimum atomic E-state index is 0.498. The van der Waals surface area contributed by atoms with Gasteiger partial charge in [-0.05, 0) is 36.3 Å². The van der Waals surface area contributed by atoms with Crippen LogP contribution in [0, 0.1) is 0 Å². The summed E-state index contributed by atoms with van der Waals surface area (Å²) in [6.45, 7) is 0.955. The fourth-order valence-corrected chi connectivity index (χ4v) is 4.66. The first kappa shape index (κ1) is 13.9. The summed E-state index contributed by atoms with van der Waals surface area (Å²) in [5.74, 6) is 0. The highest BCUT2D eigenvalue weighted by atomic mass is 32.1. The van der Waals surface area contributed by atoms with Crippen molar-refractivity contribution in [3.63, 3.8) is 0 Å². The van der Waals surface area contributed by atoms with Crippen LogP contribution in [-0.4, -0.2) is 16.5 Å². The van der Waals surface area contributed by atoms with Gasteiger partial charge in [-0.25, -0.2) is 0 Å². The Morgan fingerprint density at radius 2 is 2.18 bits per heavy atom. The first-order valence-electron chi connectivity index (χ1n) is 7.90. The van der Waals surface area contributed by atoms with Crippen molar-refractivity contribution in [2.75, 3.05) is 6.54 Å². The molecule has 1 unspecified atom stereocenters. The zero-order valence-corrected chi connectivity index (χ0v) is 13.3. The maximum Gasteiger partial charge on any atom is 0.0599 e. The van der Waals surface area contributed by atoms with Gasteiger partial charge in [0, 0.05) is 47.2 Å². The molecule has 0 saturated heterocycles. The minimum Gasteiger partial charge on any atom is -0.309 e. The van der Waals surface area contributed by atoms with Gasteiger partial charge in [0.25, 0.3) is 0 Å². The predicted octanol–water partition coefficient (Wildman–Crippen LogP) is 3.90. The van der Waals surface area contributed by atoms with Gasteiger partial charge in [-0.15, -0.1) is 11.3 Å². The second kappa shape index (κ2) is 6.15. The molecule has 3 aromatic rings. The summed E-state index contributed by atoms with van der Waals surface area (Å²) in [7, 11) is 0. The Morgan fingerprint density at radius 3 is 3.09 bits per heavy atom. The SMILES string of the molecule is c1ccc2c3c(sc2c1)C(NCCc1cnccn1)CCC3. The van der Waals surface area contributed by atoms with Gasteiger partial charge < -0.3 is 5.32 Å². The number of hydrogen-bond acceptors (Lipinski definition) is 4. The fraction of sp³-hybridized carbons (Fsp3) is 0.333. The van der Waals surface area contributed by atoms with Crippen LogP contribution in [0.2, 0.25) is 0 Å². The van der Waals surface area contributed by atoms with E-state index in [1.807, 2.05) is 17.5 Å². The average Bonchev–Trinajstić information content (AvgIpc) is 2.96. The molecule has 0 radical (unpaired) electrons. The summed E-state index contributed by atoms with van der Waals surface area (Å²) in [4.78, 5) is 10.0. The Bertz CT molecular complexity index is 766. The largest absolute Gasteiger partial charge is 0.309 e. The Hall–Kier alpha value is -1.78. The van der Waals surface area contributed by atoms with E-state index in [-0.39, 0.29) is 0 Å². The standard InChI is InChI=1S/C18H19N3S/c1-2-7-17-14(4-1)15-5-3-6-16(18(15)22-17)21-9-8-13-12-19-10-11-20-13/h1-2,4,7,10-12,16,21H,3,5-6,8-9H2. The molecule has 1 aliphatic rings. The molecule has 1 atom stereocenters. The molecule has 1 aliphatic carbocycles. The molecule has 4 rings (SSSR count). The topological polar surface area (TPSA) is 37.8 Å². The van der Waals surface area contributed by atoms with Crippen molar-refractivity contribution in [2.24, 2.45) is 0 Å². The Morgan fingerprint density at radius 1 is 1.23 bits per heavy atom. The molecule has 1 N–H and O–H groups in total. The van der Waals surface area contributed by atoms with Crippen LogP contribution in [0.15, 0.2) is 42.9 Å². The molecule has 1 aromatic carbocycles. The van der Waals surface area contributed by atoms with E-state index >= 15 is 0 Å². The molecular formula is C18H19N3S. The summed E-state index contributed by atoms with van der Waals surface area (Å²) < 4.78 is 1.43. The molecule has 3 nitrogen and oxygen atoms in total. The molecule has 0 spiro atoms. The maximum absolute atomic E-state index is 4.34. The number of nitrogens with zero attached hydrogens (tertiary/aromatic N) is 2. The van der Waals surface area contributed by atoms with Gasteiger partial charge in [0.1, 0.15) is 0 Å². The molecule has 0 amide bonds. The van der Waals surface area contributed by atoms with E-state index in [0.717, 1.165) is 18.7 Å². The normalized spacial score (nSPS) is 17.5. The third kappa shape index (κ3) is 2.64. The number of rotatable bonds is 4. The van der Waals surface area contributed by atoms with Crippen molar-refractivity contribution in [3.05, 3.63) is 59.0 Å². The monoisotopic (exact) mass is 309 g/mol. The van der Waals surface area contributed by atoms with Crippen molar-refractivity contribution in [3.8, 4) is 0 Å². The maximum atomic E-state index is 4.34. The summed E-state index contributed by atoms with van der Waals surface area (Å²) in [5.41, 5.74) is 2.63. The quantitative estimate of drug-likeness (QED) is 0.794. The van der Waals surface area contributed by atoms with Crippen LogP contribution in [0.5, 0.6) is 0 Å². The fourth-order valence-electron chi connectivity index (χ4n) is 3.30. The second-order valence-corrected chi connectivity index (χ2v) is 6.87. The van der Waals surface area contributed by atoms with Crippen molar-refractivity contribution >= 4 is 21.4 Å².